The second-order valence-electron chi connectivity index (χ2n) is 3.09. The Labute approximate surface area is 85.2 Å². The highest BCUT2D eigenvalue weighted by Crippen LogP contribution is 2.07. The molecular formula is C7H15NO7. The first-order valence-corrected chi connectivity index (χ1v) is 4.14. The SMILES string of the molecule is N[C@H](C(=O)O)[C@H](O)[C@H](O)[C@@H](O)[C@@H](O)CO. The minimum absolute atomic E-state index is 0.840. The Bertz CT molecular complexity index is 212. The van der Waals surface area contributed by atoms with E-state index in [4.69, 9.17) is 31.3 Å². The van der Waals surface area contributed by atoms with Crippen molar-refractivity contribution in [2.75, 3.05) is 6.61 Å². The van der Waals surface area contributed by atoms with Crippen LogP contribution in [0.4, 0.5) is 0 Å². The third kappa shape index (κ3) is 3.70. The van der Waals surface area contributed by atoms with E-state index in [1.165, 1.54) is 0 Å². The molecular weight excluding hydrogens is 210 g/mol. The molecule has 0 heterocycles. The van der Waals surface area contributed by atoms with Gasteiger partial charge in [0, 0.05) is 0 Å². The summed E-state index contributed by atoms with van der Waals surface area (Å²) in [7, 11) is 0. The zero-order valence-corrected chi connectivity index (χ0v) is 7.76. The molecule has 0 aliphatic heterocycles. The van der Waals surface area contributed by atoms with Gasteiger partial charge in [0.05, 0.1) is 6.61 Å². The highest BCUT2D eigenvalue weighted by Gasteiger charge is 2.35. The van der Waals surface area contributed by atoms with Crippen LogP contribution in [0, 0.1) is 0 Å². The molecule has 15 heavy (non-hydrogen) atoms. The van der Waals surface area contributed by atoms with Crippen molar-refractivity contribution in [3.8, 4) is 0 Å². The lowest BCUT2D eigenvalue weighted by molar-refractivity contribution is -0.150. The number of nitrogens with two attached hydrogens (primary N) is 1. The van der Waals surface area contributed by atoms with Crippen LogP contribution in [0.2, 0.25) is 0 Å². The van der Waals surface area contributed by atoms with Crippen LogP contribution in [0.5, 0.6) is 0 Å². The lowest BCUT2D eigenvalue weighted by Gasteiger charge is -2.27. The van der Waals surface area contributed by atoms with Crippen molar-refractivity contribution in [3.63, 3.8) is 0 Å². The van der Waals surface area contributed by atoms with Crippen molar-refractivity contribution < 1.29 is 35.4 Å². The number of aliphatic hydroxyl groups is 5. The van der Waals surface area contributed by atoms with E-state index in [1.807, 2.05) is 0 Å². The topological polar surface area (TPSA) is 164 Å². The van der Waals surface area contributed by atoms with Crippen molar-refractivity contribution >= 4 is 5.97 Å². The molecule has 0 aliphatic carbocycles. The zero-order valence-electron chi connectivity index (χ0n) is 7.76. The molecule has 0 bridgehead atoms. The molecule has 0 unspecified atom stereocenters. The first-order chi connectivity index (χ1) is 6.82. The Hall–Kier alpha value is -0.770. The summed E-state index contributed by atoms with van der Waals surface area (Å²) in [6.45, 7) is -0.840. The van der Waals surface area contributed by atoms with Gasteiger partial charge in [-0.1, -0.05) is 0 Å². The third-order valence-electron chi connectivity index (χ3n) is 1.93. The minimum Gasteiger partial charge on any atom is -0.480 e. The van der Waals surface area contributed by atoms with E-state index >= 15 is 0 Å². The van der Waals surface area contributed by atoms with E-state index in [9.17, 15) is 9.90 Å². The van der Waals surface area contributed by atoms with Gasteiger partial charge in [0.15, 0.2) is 0 Å². The van der Waals surface area contributed by atoms with E-state index in [1.54, 1.807) is 0 Å². The van der Waals surface area contributed by atoms with Gasteiger partial charge in [-0.3, -0.25) is 4.79 Å². The molecule has 0 saturated heterocycles. The molecule has 0 fully saturated rings. The normalized spacial score (nSPS) is 21.5. The summed E-state index contributed by atoms with van der Waals surface area (Å²) in [6, 6.07) is -1.79. The minimum atomic E-state index is -1.96. The first kappa shape index (κ1) is 14.2. The van der Waals surface area contributed by atoms with Crippen LogP contribution in [0.3, 0.4) is 0 Å². The van der Waals surface area contributed by atoms with Crippen LogP contribution in [-0.4, -0.2) is 73.7 Å². The van der Waals surface area contributed by atoms with Crippen LogP contribution < -0.4 is 5.73 Å². The Morgan fingerprint density at radius 1 is 1.07 bits per heavy atom. The second-order valence-corrected chi connectivity index (χ2v) is 3.09. The van der Waals surface area contributed by atoms with Crippen molar-refractivity contribution in [1.29, 1.82) is 0 Å². The lowest BCUT2D eigenvalue weighted by Crippen LogP contribution is -2.54. The molecule has 8 nitrogen and oxygen atoms in total. The van der Waals surface area contributed by atoms with Crippen molar-refractivity contribution in [1.82, 2.24) is 0 Å². The number of rotatable bonds is 6. The highest BCUT2D eigenvalue weighted by molar-refractivity contribution is 5.74. The quantitative estimate of drug-likeness (QED) is 0.239. The molecule has 0 aliphatic rings. The van der Waals surface area contributed by atoms with Gasteiger partial charge in [-0.25, -0.2) is 0 Å². The standard InChI is InChI=1S/C7H15NO7/c8-3(7(14)15)5(12)6(13)4(11)2(10)1-9/h2-6,9-13H,1,8H2,(H,14,15)/t2-,3-,4-,5-,6+/m0/s1. The van der Waals surface area contributed by atoms with Crippen LogP contribution in [-0.2, 0) is 4.79 Å². The highest BCUT2D eigenvalue weighted by atomic mass is 16.4. The number of hydrogen-bond donors (Lipinski definition) is 7. The Morgan fingerprint density at radius 2 is 1.53 bits per heavy atom. The van der Waals surface area contributed by atoms with Gasteiger partial charge in [0.2, 0.25) is 0 Å². The summed E-state index contributed by atoms with van der Waals surface area (Å²) in [6.07, 6.45) is -7.47. The van der Waals surface area contributed by atoms with Crippen LogP contribution in [0.1, 0.15) is 0 Å². The molecule has 5 atom stereocenters. The molecule has 8 heteroatoms. The van der Waals surface area contributed by atoms with Crippen LogP contribution >= 0.6 is 0 Å². The lowest BCUT2D eigenvalue weighted by atomic mass is 9.98. The smallest absolute Gasteiger partial charge is 0.323 e. The van der Waals surface area contributed by atoms with E-state index in [2.05, 4.69) is 0 Å². The average molecular weight is 225 g/mol. The van der Waals surface area contributed by atoms with Crippen LogP contribution in [0.15, 0.2) is 0 Å². The molecule has 0 spiro atoms. The average Bonchev–Trinajstić information content (AvgIpc) is 2.23. The van der Waals surface area contributed by atoms with Gasteiger partial charge in [-0.2, -0.15) is 0 Å². The summed E-state index contributed by atoms with van der Waals surface area (Å²) in [5.41, 5.74) is 4.98. The summed E-state index contributed by atoms with van der Waals surface area (Å²) < 4.78 is 0. The first-order valence-electron chi connectivity index (χ1n) is 4.14. The largest absolute Gasteiger partial charge is 0.480 e. The molecule has 0 saturated carbocycles. The van der Waals surface area contributed by atoms with E-state index in [-0.39, 0.29) is 0 Å². The molecule has 0 amide bonds. The molecule has 0 aromatic heterocycles. The maximum atomic E-state index is 10.3. The number of carbonyl (C=O) groups is 1. The molecule has 0 aromatic carbocycles. The predicted octanol–water partition coefficient (Wildman–Crippen LogP) is -4.17. The Balaban J connectivity index is 4.42. The summed E-state index contributed by atoms with van der Waals surface area (Å²) >= 11 is 0. The van der Waals surface area contributed by atoms with Crippen LogP contribution in [0.25, 0.3) is 0 Å². The van der Waals surface area contributed by atoms with Crippen molar-refractivity contribution in [2.24, 2.45) is 5.73 Å². The number of carboxylic acid groups (broad SMARTS) is 1. The van der Waals surface area contributed by atoms with Gasteiger partial charge in [0.1, 0.15) is 30.5 Å². The van der Waals surface area contributed by atoms with Gasteiger partial charge < -0.3 is 36.4 Å². The fourth-order valence-corrected chi connectivity index (χ4v) is 0.896. The van der Waals surface area contributed by atoms with Crippen molar-refractivity contribution in [3.05, 3.63) is 0 Å². The number of hydrogen-bond acceptors (Lipinski definition) is 7. The summed E-state index contributed by atoms with van der Waals surface area (Å²) in [5.74, 6) is -1.56. The summed E-state index contributed by atoms with van der Waals surface area (Å²) in [4.78, 5) is 10.3. The van der Waals surface area contributed by atoms with Gasteiger partial charge in [0.25, 0.3) is 0 Å². The Morgan fingerprint density at radius 3 is 1.87 bits per heavy atom. The fraction of sp³-hybridized carbons (Fsp3) is 0.857. The zero-order chi connectivity index (χ0) is 12.2. The van der Waals surface area contributed by atoms with Gasteiger partial charge in [-0.05, 0) is 0 Å². The van der Waals surface area contributed by atoms with Gasteiger partial charge in [-0.15, -0.1) is 0 Å². The molecule has 8 N–H and O–H groups in total. The molecule has 0 rings (SSSR count). The molecule has 90 valence electrons. The fourth-order valence-electron chi connectivity index (χ4n) is 0.896. The number of aliphatic carboxylic acids is 1. The molecule has 0 aromatic rings. The van der Waals surface area contributed by atoms with Gasteiger partial charge >= 0.3 is 5.97 Å². The third-order valence-corrected chi connectivity index (χ3v) is 1.93. The summed E-state index contributed by atoms with van der Waals surface area (Å²) in [5, 5.41) is 53.2. The van der Waals surface area contributed by atoms with E-state index in [0.717, 1.165) is 0 Å². The maximum absolute atomic E-state index is 10.3. The monoisotopic (exact) mass is 225 g/mol. The second kappa shape index (κ2) is 5.95. The number of aliphatic hydroxyl groups excluding tert-OH is 5. The van der Waals surface area contributed by atoms with Crippen molar-refractivity contribution in [2.45, 2.75) is 30.5 Å². The predicted molar refractivity (Wildman–Crippen MR) is 46.7 cm³/mol. The van der Waals surface area contributed by atoms with E-state index < -0.39 is 43.0 Å². The molecule has 0 radical (unpaired) electrons. The Kier molecular flexibility index (Phi) is 5.65. The maximum Gasteiger partial charge on any atom is 0.323 e. The number of carboxylic acids is 1. The van der Waals surface area contributed by atoms with E-state index in [0.29, 0.717) is 0 Å².